The predicted molar refractivity (Wildman–Crippen MR) is 97.8 cm³/mol. The fourth-order valence-corrected chi connectivity index (χ4v) is 2.56. The molecule has 1 unspecified atom stereocenters. The van der Waals surface area contributed by atoms with Gasteiger partial charge < -0.3 is 19.4 Å². The van der Waals surface area contributed by atoms with Crippen LogP contribution in [0.5, 0.6) is 0 Å². The lowest BCUT2D eigenvalue weighted by Crippen LogP contribution is -2.47. The fourth-order valence-electron chi connectivity index (χ4n) is 2.56. The van der Waals surface area contributed by atoms with Crippen LogP contribution >= 0.6 is 24.0 Å². The molecule has 126 valence electrons. The third kappa shape index (κ3) is 4.47. The van der Waals surface area contributed by atoms with Crippen molar-refractivity contribution in [3.05, 3.63) is 42.1 Å². The summed E-state index contributed by atoms with van der Waals surface area (Å²) in [6.07, 6.45) is 7.28. The zero-order chi connectivity index (χ0) is 15.4. The first-order chi connectivity index (χ1) is 10.8. The molecule has 0 aliphatic carbocycles. The lowest BCUT2D eigenvalue weighted by molar-refractivity contribution is -0.00805. The maximum absolute atomic E-state index is 5.86. The fraction of sp³-hybridized carbons (Fsp3) is 0.467. The molecule has 0 spiro atoms. The van der Waals surface area contributed by atoms with Crippen LogP contribution in [0.15, 0.2) is 40.4 Å². The average molecular weight is 431 g/mol. The van der Waals surface area contributed by atoms with Gasteiger partial charge in [-0.2, -0.15) is 5.10 Å². The molecular formula is C15H22IN5O2. The minimum absolute atomic E-state index is 0. The summed E-state index contributed by atoms with van der Waals surface area (Å²) in [5, 5.41) is 7.57. The van der Waals surface area contributed by atoms with Gasteiger partial charge in [0.25, 0.3) is 0 Å². The third-order valence-corrected chi connectivity index (χ3v) is 3.71. The van der Waals surface area contributed by atoms with Crippen molar-refractivity contribution in [1.29, 1.82) is 0 Å². The Morgan fingerprint density at radius 2 is 2.39 bits per heavy atom. The number of aromatic nitrogens is 2. The van der Waals surface area contributed by atoms with Crippen molar-refractivity contribution in [2.75, 3.05) is 26.7 Å². The van der Waals surface area contributed by atoms with Crippen molar-refractivity contribution in [3.63, 3.8) is 0 Å². The van der Waals surface area contributed by atoms with E-state index in [1.807, 2.05) is 25.5 Å². The van der Waals surface area contributed by atoms with E-state index >= 15 is 0 Å². The van der Waals surface area contributed by atoms with Crippen LogP contribution in [0.4, 0.5) is 0 Å². The van der Waals surface area contributed by atoms with Gasteiger partial charge in [0.05, 0.1) is 31.9 Å². The van der Waals surface area contributed by atoms with Crippen molar-refractivity contribution in [1.82, 2.24) is 20.0 Å². The summed E-state index contributed by atoms with van der Waals surface area (Å²) in [6.45, 7) is 2.95. The van der Waals surface area contributed by atoms with E-state index < -0.39 is 0 Å². The summed E-state index contributed by atoms with van der Waals surface area (Å²) >= 11 is 0. The van der Waals surface area contributed by atoms with Crippen LogP contribution in [0.3, 0.4) is 0 Å². The standard InChI is InChI=1S/C15H21N5O2.HI/c1-16-15(17-7-12-3-5-21-11-12)20-4-6-22-14(10-20)13-8-18-19(2)9-13;/h3,5,8-9,11,14H,4,6-7,10H2,1-2H3,(H,16,17);1H. The van der Waals surface area contributed by atoms with E-state index in [0.29, 0.717) is 13.2 Å². The number of halogens is 1. The Kier molecular flexibility index (Phi) is 6.46. The molecule has 1 aliphatic rings. The number of hydrogen-bond donors (Lipinski definition) is 1. The number of aryl methyl sites for hydroxylation is 1. The Morgan fingerprint density at radius 1 is 1.52 bits per heavy atom. The zero-order valence-corrected chi connectivity index (χ0v) is 15.6. The Hall–Kier alpha value is -1.55. The first kappa shape index (κ1) is 17.8. The second kappa shape index (κ2) is 8.34. The molecule has 8 heteroatoms. The predicted octanol–water partition coefficient (Wildman–Crippen LogP) is 1.78. The molecular weight excluding hydrogens is 409 g/mol. The number of aliphatic imine (C=N–C) groups is 1. The van der Waals surface area contributed by atoms with Crippen LogP contribution in [0.2, 0.25) is 0 Å². The topological polar surface area (TPSA) is 67.8 Å². The van der Waals surface area contributed by atoms with Gasteiger partial charge in [-0.1, -0.05) is 0 Å². The van der Waals surface area contributed by atoms with Gasteiger partial charge >= 0.3 is 0 Å². The second-order valence-electron chi connectivity index (χ2n) is 5.29. The van der Waals surface area contributed by atoms with E-state index in [9.17, 15) is 0 Å². The summed E-state index contributed by atoms with van der Waals surface area (Å²) in [5.74, 6) is 0.874. The van der Waals surface area contributed by atoms with Gasteiger partial charge in [0.15, 0.2) is 5.96 Å². The Labute approximate surface area is 152 Å². The van der Waals surface area contributed by atoms with Gasteiger partial charge in [-0.25, -0.2) is 0 Å². The minimum Gasteiger partial charge on any atom is -0.472 e. The van der Waals surface area contributed by atoms with E-state index in [-0.39, 0.29) is 30.1 Å². The van der Waals surface area contributed by atoms with Crippen molar-refractivity contribution >= 4 is 29.9 Å². The van der Waals surface area contributed by atoms with E-state index in [1.165, 1.54) is 0 Å². The molecule has 0 radical (unpaired) electrons. The highest BCUT2D eigenvalue weighted by atomic mass is 127. The molecule has 1 saturated heterocycles. The lowest BCUT2D eigenvalue weighted by Gasteiger charge is -2.34. The first-order valence-electron chi connectivity index (χ1n) is 7.33. The summed E-state index contributed by atoms with van der Waals surface area (Å²) in [5.41, 5.74) is 2.19. The van der Waals surface area contributed by atoms with Crippen LogP contribution in [0.25, 0.3) is 0 Å². The monoisotopic (exact) mass is 431 g/mol. The molecule has 2 aromatic heterocycles. The highest BCUT2D eigenvalue weighted by molar-refractivity contribution is 14.0. The largest absolute Gasteiger partial charge is 0.472 e. The minimum atomic E-state index is 0. The second-order valence-corrected chi connectivity index (χ2v) is 5.29. The molecule has 1 fully saturated rings. The molecule has 0 amide bonds. The van der Waals surface area contributed by atoms with Gasteiger partial charge in [-0.05, 0) is 6.07 Å². The van der Waals surface area contributed by atoms with Gasteiger partial charge in [0, 0.05) is 44.5 Å². The third-order valence-electron chi connectivity index (χ3n) is 3.71. The highest BCUT2D eigenvalue weighted by Gasteiger charge is 2.25. The number of guanidine groups is 1. The molecule has 2 aromatic rings. The lowest BCUT2D eigenvalue weighted by atomic mass is 10.1. The molecule has 1 aliphatic heterocycles. The molecule has 1 atom stereocenters. The van der Waals surface area contributed by atoms with Gasteiger partial charge in [0.1, 0.15) is 6.10 Å². The van der Waals surface area contributed by atoms with Crippen molar-refractivity contribution in [3.8, 4) is 0 Å². The van der Waals surface area contributed by atoms with Crippen molar-refractivity contribution in [2.24, 2.45) is 12.0 Å². The van der Waals surface area contributed by atoms with Crippen LogP contribution in [-0.4, -0.2) is 47.4 Å². The van der Waals surface area contributed by atoms with E-state index in [4.69, 9.17) is 9.15 Å². The Balaban J connectivity index is 0.00000192. The summed E-state index contributed by atoms with van der Waals surface area (Å²) < 4.78 is 12.7. The quantitative estimate of drug-likeness (QED) is 0.456. The van der Waals surface area contributed by atoms with E-state index in [1.54, 1.807) is 24.3 Å². The van der Waals surface area contributed by atoms with Crippen molar-refractivity contribution in [2.45, 2.75) is 12.6 Å². The molecule has 3 heterocycles. The van der Waals surface area contributed by atoms with Crippen molar-refractivity contribution < 1.29 is 9.15 Å². The number of hydrogen-bond acceptors (Lipinski definition) is 4. The Bertz CT molecular complexity index is 626. The van der Waals surface area contributed by atoms with Crippen LogP contribution < -0.4 is 5.32 Å². The molecule has 0 bridgehead atoms. The summed E-state index contributed by atoms with van der Waals surface area (Å²) in [6, 6.07) is 1.94. The average Bonchev–Trinajstić information content (AvgIpc) is 3.20. The molecule has 1 N–H and O–H groups in total. The summed E-state index contributed by atoms with van der Waals surface area (Å²) in [7, 11) is 3.71. The van der Waals surface area contributed by atoms with Crippen LogP contribution in [0, 0.1) is 0 Å². The van der Waals surface area contributed by atoms with E-state index in [0.717, 1.165) is 30.2 Å². The van der Waals surface area contributed by atoms with E-state index in [2.05, 4.69) is 20.3 Å². The van der Waals surface area contributed by atoms with Gasteiger partial charge in [-0.3, -0.25) is 9.67 Å². The SMILES string of the molecule is CN=C(NCc1ccoc1)N1CCOC(c2cnn(C)c2)C1.I. The van der Waals surface area contributed by atoms with Crippen LogP contribution in [0.1, 0.15) is 17.2 Å². The number of nitrogens with zero attached hydrogens (tertiary/aromatic N) is 4. The number of ether oxygens (including phenoxy) is 1. The Morgan fingerprint density at radius 3 is 3.04 bits per heavy atom. The maximum atomic E-state index is 5.86. The normalized spacial score (nSPS) is 18.6. The molecule has 0 saturated carbocycles. The van der Waals surface area contributed by atoms with Gasteiger partial charge in [0.2, 0.25) is 0 Å². The molecule has 0 aromatic carbocycles. The molecule has 7 nitrogen and oxygen atoms in total. The van der Waals surface area contributed by atoms with Crippen LogP contribution in [-0.2, 0) is 18.3 Å². The molecule has 23 heavy (non-hydrogen) atoms. The van der Waals surface area contributed by atoms with Gasteiger partial charge in [-0.15, -0.1) is 24.0 Å². The number of furan rings is 1. The smallest absolute Gasteiger partial charge is 0.194 e. The maximum Gasteiger partial charge on any atom is 0.194 e. The molecule has 3 rings (SSSR count). The number of nitrogens with one attached hydrogen (secondary N) is 1. The first-order valence-corrected chi connectivity index (χ1v) is 7.33. The highest BCUT2D eigenvalue weighted by Crippen LogP contribution is 2.21. The number of morpholine rings is 1. The summed E-state index contributed by atoms with van der Waals surface area (Å²) in [4.78, 5) is 6.58. The number of rotatable bonds is 3. The zero-order valence-electron chi connectivity index (χ0n) is 13.3.